The van der Waals surface area contributed by atoms with Crippen LogP contribution in [0.25, 0.3) is 11.0 Å². The van der Waals surface area contributed by atoms with Gasteiger partial charge in [-0.15, -0.1) is 0 Å². The van der Waals surface area contributed by atoms with Crippen molar-refractivity contribution in [2.45, 2.75) is 13.1 Å². The number of carbonyl (C=O) groups is 1. The zero-order chi connectivity index (χ0) is 15.1. The first-order valence-corrected chi connectivity index (χ1v) is 5.56. The van der Waals surface area contributed by atoms with E-state index in [1.165, 1.54) is 7.05 Å². The molecule has 20 heavy (non-hydrogen) atoms. The second kappa shape index (κ2) is 4.66. The molecular weight excluding hydrogens is 277 g/mol. The number of aryl methyl sites for hydroxylation is 1. The third-order valence-corrected chi connectivity index (χ3v) is 2.59. The van der Waals surface area contributed by atoms with Gasteiger partial charge in [0.2, 0.25) is 5.82 Å². The van der Waals surface area contributed by atoms with Crippen molar-refractivity contribution in [1.29, 1.82) is 0 Å². The molecule has 0 unspecified atom stereocenters. The highest BCUT2D eigenvalue weighted by molar-refractivity contribution is 5.89. The SMILES string of the molecule is Cc1cc2c(N(C)CC(=O)O)nc(C(F)(F)F)nc2[nH]1. The molecule has 6 nitrogen and oxygen atoms in total. The first-order chi connectivity index (χ1) is 9.18. The van der Waals surface area contributed by atoms with E-state index < -0.39 is 24.5 Å². The van der Waals surface area contributed by atoms with Crippen molar-refractivity contribution in [3.63, 3.8) is 0 Å². The van der Waals surface area contributed by atoms with Crippen molar-refractivity contribution in [3.8, 4) is 0 Å². The van der Waals surface area contributed by atoms with E-state index in [1.807, 2.05) is 0 Å². The summed E-state index contributed by atoms with van der Waals surface area (Å²) in [6.45, 7) is 1.20. The highest BCUT2D eigenvalue weighted by atomic mass is 19.4. The lowest BCUT2D eigenvalue weighted by atomic mass is 10.3. The maximum Gasteiger partial charge on any atom is 0.451 e. The third-order valence-electron chi connectivity index (χ3n) is 2.59. The first kappa shape index (κ1) is 14.1. The predicted molar refractivity (Wildman–Crippen MR) is 64.5 cm³/mol. The molecule has 0 fully saturated rings. The predicted octanol–water partition coefficient (Wildman–Crippen LogP) is 1.81. The summed E-state index contributed by atoms with van der Waals surface area (Å²) in [7, 11) is 1.36. The van der Waals surface area contributed by atoms with Crippen molar-refractivity contribution in [3.05, 3.63) is 17.6 Å². The smallest absolute Gasteiger partial charge is 0.451 e. The van der Waals surface area contributed by atoms with Gasteiger partial charge in [0.1, 0.15) is 18.0 Å². The Balaban J connectivity index is 2.63. The lowest BCUT2D eigenvalue weighted by Crippen LogP contribution is -2.27. The Hall–Kier alpha value is -2.32. The molecule has 0 aliphatic heterocycles. The monoisotopic (exact) mass is 288 g/mol. The molecule has 2 aromatic rings. The van der Waals surface area contributed by atoms with E-state index >= 15 is 0 Å². The zero-order valence-corrected chi connectivity index (χ0v) is 10.6. The van der Waals surface area contributed by atoms with E-state index in [2.05, 4.69) is 15.0 Å². The second-order valence-corrected chi connectivity index (χ2v) is 4.33. The maximum atomic E-state index is 12.8. The van der Waals surface area contributed by atoms with Crippen LogP contribution in [0.3, 0.4) is 0 Å². The Labute approximate surface area is 111 Å². The molecule has 0 radical (unpaired) electrons. The van der Waals surface area contributed by atoms with Gasteiger partial charge >= 0.3 is 12.1 Å². The number of hydrogen-bond acceptors (Lipinski definition) is 4. The van der Waals surface area contributed by atoms with Crippen molar-refractivity contribution in [2.75, 3.05) is 18.5 Å². The Morgan fingerprint density at radius 1 is 1.45 bits per heavy atom. The normalized spacial score (nSPS) is 11.8. The number of alkyl halides is 3. The summed E-state index contributed by atoms with van der Waals surface area (Å²) in [6.07, 6.45) is -4.70. The standard InChI is InChI=1S/C11H11F3N4O2/c1-5-3-6-8(15-5)16-10(11(12,13)14)17-9(6)18(2)4-7(19)20/h3H,4H2,1-2H3,(H,19,20)(H,15,16,17). The molecule has 2 N–H and O–H groups in total. The number of likely N-dealkylation sites (N-methyl/N-ethyl adjacent to an activating group) is 1. The molecule has 0 saturated carbocycles. The quantitative estimate of drug-likeness (QED) is 0.900. The van der Waals surface area contributed by atoms with Crippen LogP contribution in [0.15, 0.2) is 6.07 Å². The summed E-state index contributed by atoms with van der Waals surface area (Å²) in [5.74, 6) is -2.55. The minimum atomic E-state index is -4.70. The number of nitrogens with one attached hydrogen (secondary N) is 1. The van der Waals surface area contributed by atoms with Crippen molar-refractivity contribution in [1.82, 2.24) is 15.0 Å². The summed E-state index contributed by atoms with van der Waals surface area (Å²) >= 11 is 0. The molecule has 108 valence electrons. The fourth-order valence-corrected chi connectivity index (χ4v) is 1.82. The van der Waals surface area contributed by atoms with Crippen molar-refractivity contribution >= 4 is 22.8 Å². The number of aromatic nitrogens is 3. The summed E-state index contributed by atoms with van der Waals surface area (Å²) in [5.41, 5.74) is 0.635. The Bertz CT molecular complexity index is 665. The van der Waals surface area contributed by atoms with E-state index in [4.69, 9.17) is 5.11 Å². The largest absolute Gasteiger partial charge is 0.480 e. The number of hydrogen-bond donors (Lipinski definition) is 2. The molecule has 0 saturated heterocycles. The van der Waals surface area contributed by atoms with Crippen molar-refractivity contribution in [2.24, 2.45) is 0 Å². The number of anilines is 1. The molecule has 0 amide bonds. The van der Waals surface area contributed by atoms with Crippen LogP contribution in [0.1, 0.15) is 11.5 Å². The highest BCUT2D eigenvalue weighted by Gasteiger charge is 2.36. The number of H-pyrrole nitrogens is 1. The molecule has 0 aliphatic rings. The topological polar surface area (TPSA) is 82.1 Å². The second-order valence-electron chi connectivity index (χ2n) is 4.33. The van der Waals surface area contributed by atoms with Gasteiger partial charge in [-0.2, -0.15) is 13.2 Å². The van der Waals surface area contributed by atoms with Gasteiger partial charge in [-0.25, -0.2) is 9.97 Å². The lowest BCUT2D eigenvalue weighted by Gasteiger charge is -2.17. The van der Waals surface area contributed by atoms with Gasteiger partial charge in [0.15, 0.2) is 0 Å². The van der Waals surface area contributed by atoms with Crippen LogP contribution < -0.4 is 4.90 Å². The van der Waals surface area contributed by atoms with E-state index in [9.17, 15) is 18.0 Å². The van der Waals surface area contributed by atoms with Gasteiger partial charge in [-0.1, -0.05) is 0 Å². The van der Waals surface area contributed by atoms with Crippen LogP contribution in [-0.4, -0.2) is 39.6 Å². The van der Waals surface area contributed by atoms with Gasteiger partial charge in [0.05, 0.1) is 5.39 Å². The average molecular weight is 288 g/mol. The number of aromatic amines is 1. The Morgan fingerprint density at radius 3 is 2.65 bits per heavy atom. The molecule has 2 heterocycles. The number of carboxylic acids is 1. The molecule has 0 aromatic carbocycles. The fraction of sp³-hybridized carbons (Fsp3) is 0.364. The molecule has 0 bridgehead atoms. The Morgan fingerprint density at radius 2 is 2.10 bits per heavy atom. The fourth-order valence-electron chi connectivity index (χ4n) is 1.82. The van der Waals surface area contributed by atoms with E-state index in [-0.39, 0.29) is 11.5 Å². The summed E-state index contributed by atoms with van der Waals surface area (Å²) in [5, 5.41) is 9.08. The number of aliphatic carboxylic acids is 1. The zero-order valence-electron chi connectivity index (χ0n) is 10.6. The third kappa shape index (κ3) is 2.65. The van der Waals surface area contributed by atoms with Crippen LogP contribution in [0.2, 0.25) is 0 Å². The van der Waals surface area contributed by atoms with Gasteiger partial charge < -0.3 is 15.0 Å². The van der Waals surface area contributed by atoms with Crippen LogP contribution in [-0.2, 0) is 11.0 Å². The molecule has 0 atom stereocenters. The average Bonchev–Trinajstić information content (AvgIpc) is 2.65. The lowest BCUT2D eigenvalue weighted by molar-refractivity contribution is -0.144. The maximum absolute atomic E-state index is 12.8. The van der Waals surface area contributed by atoms with Gasteiger partial charge in [-0.3, -0.25) is 4.79 Å². The first-order valence-electron chi connectivity index (χ1n) is 5.56. The molecule has 0 aliphatic carbocycles. The summed E-state index contributed by atoms with van der Waals surface area (Å²) in [4.78, 5) is 21.4. The highest BCUT2D eigenvalue weighted by Crippen LogP contribution is 2.31. The van der Waals surface area contributed by atoms with Crippen LogP contribution in [0, 0.1) is 6.92 Å². The number of rotatable bonds is 3. The van der Waals surface area contributed by atoms with Crippen molar-refractivity contribution < 1.29 is 23.1 Å². The molecule has 2 aromatic heterocycles. The van der Waals surface area contributed by atoms with Crippen LogP contribution in [0.4, 0.5) is 19.0 Å². The minimum Gasteiger partial charge on any atom is -0.480 e. The molecule has 0 spiro atoms. The Kier molecular flexibility index (Phi) is 3.28. The van der Waals surface area contributed by atoms with Gasteiger partial charge in [0, 0.05) is 12.7 Å². The number of halogens is 3. The summed E-state index contributed by atoms with van der Waals surface area (Å²) in [6, 6.07) is 1.57. The molecule has 9 heteroatoms. The number of carboxylic acid groups (broad SMARTS) is 1. The van der Waals surface area contributed by atoms with E-state index in [0.717, 1.165) is 4.90 Å². The minimum absolute atomic E-state index is 0.0251. The number of nitrogens with zero attached hydrogens (tertiary/aromatic N) is 3. The van der Waals surface area contributed by atoms with Crippen LogP contribution >= 0.6 is 0 Å². The van der Waals surface area contributed by atoms with E-state index in [1.54, 1.807) is 13.0 Å². The molecule has 2 rings (SSSR count). The van der Waals surface area contributed by atoms with E-state index in [0.29, 0.717) is 11.1 Å². The number of fused-ring (bicyclic) bond motifs is 1. The van der Waals surface area contributed by atoms with Gasteiger partial charge in [0.25, 0.3) is 0 Å². The molecular formula is C11H11F3N4O2. The van der Waals surface area contributed by atoms with Gasteiger partial charge in [-0.05, 0) is 13.0 Å². The van der Waals surface area contributed by atoms with Crippen LogP contribution in [0.5, 0.6) is 0 Å². The summed E-state index contributed by atoms with van der Waals surface area (Å²) < 4.78 is 38.3.